The first-order chi connectivity index (χ1) is 9.10. The van der Waals surface area contributed by atoms with Gasteiger partial charge in [0, 0.05) is 16.0 Å². The minimum absolute atomic E-state index is 0.138. The molecule has 1 heterocycles. The van der Waals surface area contributed by atoms with E-state index in [9.17, 15) is 9.18 Å². The van der Waals surface area contributed by atoms with E-state index in [0.29, 0.717) is 10.8 Å². The molecule has 0 bridgehead atoms. The molecule has 7 heteroatoms. The maximum atomic E-state index is 13.5. The highest BCUT2D eigenvalue weighted by atomic mass is 35.5. The molecule has 100 valence electrons. The summed E-state index contributed by atoms with van der Waals surface area (Å²) >= 11 is 12.7. The molecule has 0 saturated heterocycles. The van der Waals surface area contributed by atoms with Gasteiger partial charge in [-0.2, -0.15) is 0 Å². The van der Waals surface area contributed by atoms with Crippen molar-refractivity contribution in [2.24, 2.45) is 0 Å². The van der Waals surface area contributed by atoms with Gasteiger partial charge in [0.2, 0.25) is 5.91 Å². The predicted octanol–water partition coefficient (Wildman–Crippen LogP) is 3.86. The third-order valence-electron chi connectivity index (χ3n) is 2.33. The standard InChI is InChI=1S/C12H9Cl2FN2OS/c13-5-7-6-19-12(16-7)17-11(18)4-8-9(14)2-1-3-10(8)15/h1-3,6H,4-5H2,(H,16,17,18). The summed E-state index contributed by atoms with van der Waals surface area (Å²) in [6.07, 6.45) is -0.138. The summed E-state index contributed by atoms with van der Waals surface area (Å²) in [6, 6.07) is 4.30. The molecule has 1 N–H and O–H groups in total. The fourth-order valence-electron chi connectivity index (χ4n) is 1.45. The van der Waals surface area contributed by atoms with E-state index in [2.05, 4.69) is 10.3 Å². The molecule has 0 fully saturated rings. The Labute approximate surface area is 123 Å². The number of alkyl halides is 1. The number of amides is 1. The van der Waals surface area contributed by atoms with E-state index in [1.807, 2.05) is 0 Å². The lowest BCUT2D eigenvalue weighted by Crippen LogP contribution is -2.15. The quantitative estimate of drug-likeness (QED) is 0.870. The van der Waals surface area contributed by atoms with Crippen molar-refractivity contribution in [1.82, 2.24) is 4.98 Å². The van der Waals surface area contributed by atoms with Gasteiger partial charge in [0.15, 0.2) is 5.13 Å². The van der Waals surface area contributed by atoms with Gasteiger partial charge in [-0.3, -0.25) is 4.79 Å². The molecule has 19 heavy (non-hydrogen) atoms. The molecular weight excluding hydrogens is 310 g/mol. The minimum atomic E-state index is -0.497. The molecule has 0 saturated carbocycles. The van der Waals surface area contributed by atoms with Gasteiger partial charge in [0.25, 0.3) is 0 Å². The van der Waals surface area contributed by atoms with Crippen molar-refractivity contribution in [2.45, 2.75) is 12.3 Å². The fraction of sp³-hybridized carbons (Fsp3) is 0.167. The first kappa shape index (κ1) is 14.2. The van der Waals surface area contributed by atoms with Gasteiger partial charge in [-0.05, 0) is 12.1 Å². The molecule has 0 aliphatic heterocycles. The molecule has 0 unspecified atom stereocenters. The Morgan fingerprint density at radius 1 is 1.47 bits per heavy atom. The number of hydrogen-bond acceptors (Lipinski definition) is 3. The Morgan fingerprint density at radius 3 is 2.89 bits per heavy atom. The topological polar surface area (TPSA) is 42.0 Å². The SMILES string of the molecule is O=C(Cc1c(F)cccc1Cl)Nc1nc(CCl)cs1. The zero-order valence-corrected chi connectivity index (χ0v) is 11.9. The largest absolute Gasteiger partial charge is 0.302 e. The van der Waals surface area contributed by atoms with Gasteiger partial charge in [0.1, 0.15) is 5.82 Å². The molecule has 0 aliphatic carbocycles. The number of carbonyl (C=O) groups excluding carboxylic acids is 1. The number of halogens is 3. The van der Waals surface area contributed by atoms with Gasteiger partial charge >= 0.3 is 0 Å². The van der Waals surface area contributed by atoms with Gasteiger partial charge in [-0.15, -0.1) is 22.9 Å². The molecule has 0 aliphatic rings. The number of nitrogens with one attached hydrogen (secondary N) is 1. The Bertz CT molecular complexity index is 583. The number of anilines is 1. The highest BCUT2D eigenvalue weighted by Gasteiger charge is 2.13. The van der Waals surface area contributed by atoms with Crippen molar-refractivity contribution in [3.8, 4) is 0 Å². The van der Waals surface area contributed by atoms with Gasteiger partial charge < -0.3 is 5.32 Å². The maximum absolute atomic E-state index is 13.5. The lowest BCUT2D eigenvalue weighted by atomic mass is 10.1. The predicted molar refractivity (Wildman–Crippen MR) is 75.4 cm³/mol. The molecule has 1 amide bonds. The van der Waals surface area contributed by atoms with Crippen LogP contribution in [0.25, 0.3) is 0 Å². The Kier molecular flexibility index (Phi) is 4.74. The van der Waals surface area contributed by atoms with Crippen LogP contribution < -0.4 is 5.32 Å². The second kappa shape index (κ2) is 6.32. The highest BCUT2D eigenvalue weighted by molar-refractivity contribution is 7.13. The number of rotatable bonds is 4. The summed E-state index contributed by atoms with van der Waals surface area (Å²) in [5.74, 6) is -0.586. The summed E-state index contributed by atoms with van der Waals surface area (Å²) < 4.78 is 13.5. The Hall–Kier alpha value is -1.17. The van der Waals surface area contributed by atoms with E-state index in [1.165, 1.54) is 23.5 Å². The molecule has 0 atom stereocenters. The third kappa shape index (κ3) is 3.65. The van der Waals surface area contributed by atoms with E-state index in [0.717, 1.165) is 0 Å². The zero-order valence-electron chi connectivity index (χ0n) is 9.62. The van der Waals surface area contributed by atoms with Crippen LogP contribution >= 0.6 is 34.5 Å². The second-order valence-electron chi connectivity index (χ2n) is 3.70. The van der Waals surface area contributed by atoms with Gasteiger partial charge in [-0.25, -0.2) is 9.37 Å². The van der Waals surface area contributed by atoms with E-state index in [1.54, 1.807) is 11.4 Å². The summed E-state index contributed by atoms with van der Waals surface area (Å²) in [5, 5.41) is 5.00. The second-order valence-corrected chi connectivity index (χ2v) is 5.24. The summed E-state index contributed by atoms with van der Waals surface area (Å²) in [7, 11) is 0. The van der Waals surface area contributed by atoms with Crippen molar-refractivity contribution in [2.75, 3.05) is 5.32 Å². The summed E-state index contributed by atoms with van der Waals surface area (Å²) in [6.45, 7) is 0. The molecule has 2 rings (SSSR count). The fourth-order valence-corrected chi connectivity index (χ4v) is 2.64. The Morgan fingerprint density at radius 2 is 2.26 bits per heavy atom. The van der Waals surface area contributed by atoms with Crippen molar-refractivity contribution in [3.63, 3.8) is 0 Å². The zero-order chi connectivity index (χ0) is 13.8. The molecule has 3 nitrogen and oxygen atoms in total. The van der Waals surface area contributed by atoms with Crippen LogP contribution in [-0.2, 0) is 17.1 Å². The average molecular weight is 319 g/mol. The molecule has 1 aromatic heterocycles. The molecular formula is C12H9Cl2FN2OS. The van der Waals surface area contributed by atoms with Crippen LogP contribution in [-0.4, -0.2) is 10.9 Å². The van der Waals surface area contributed by atoms with Crippen LogP contribution in [0.5, 0.6) is 0 Å². The third-order valence-corrected chi connectivity index (χ3v) is 3.77. The minimum Gasteiger partial charge on any atom is -0.302 e. The number of hydrogen-bond donors (Lipinski definition) is 1. The van der Waals surface area contributed by atoms with E-state index < -0.39 is 5.82 Å². The maximum Gasteiger partial charge on any atom is 0.230 e. The number of carbonyl (C=O) groups is 1. The normalized spacial score (nSPS) is 10.5. The summed E-state index contributed by atoms with van der Waals surface area (Å²) in [5.41, 5.74) is 0.863. The van der Waals surface area contributed by atoms with Crippen molar-refractivity contribution < 1.29 is 9.18 Å². The van der Waals surface area contributed by atoms with Crippen molar-refractivity contribution in [3.05, 3.63) is 45.7 Å². The van der Waals surface area contributed by atoms with Crippen LogP contribution in [0.4, 0.5) is 9.52 Å². The number of nitrogens with zero attached hydrogens (tertiary/aromatic N) is 1. The lowest BCUT2D eigenvalue weighted by Gasteiger charge is -2.05. The number of thiazole rings is 1. The highest BCUT2D eigenvalue weighted by Crippen LogP contribution is 2.21. The smallest absolute Gasteiger partial charge is 0.230 e. The monoisotopic (exact) mass is 318 g/mol. The van der Waals surface area contributed by atoms with Crippen molar-refractivity contribution in [1.29, 1.82) is 0 Å². The first-order valence-electron chi connectivity index (χ1n) is 5.33. The van der Waals surface area contributed by atoms with Crippen LogP contribution in [0.3, 0.4) is 0 Å². The number of benzene rings is 1. The van der Waals surface area contributed by atoms with Crippen molar-refractivity contribution >= 4 is 45.6 Å². The van der Waals surface area contributed by atoms with E-state index in [-0.39, 0.29) is 28.8 Å². The van der Waals surface area contributed by atoms with E-state index in [4.69, 9.17) is 23.2 Å². The van der Waals surface area contributed by atoms with Gasteiger partial charge in [-0.1, -0.05) is 17.7 Å². The number of aromatic nitrogens is 1. The average Bonchev–Trinajstić information content (AvgIpc) is 2.81. The molecule has 0 spiro atoms. The van der Waals surface area contributed by atoms with Crippen LogP contribution in [0.15, 0.2) is 23.6 Å². The molecule has 0 radical (unpaired) electrons. The van der Waals surface area contributed by atoms with E-state index >= 15 is 0 Å². The van der Waals surface area contributed by atoms with Gasteiger partial charge in [0.05, 0.1) is 18.0 Å². The van der Waals surface area contributed by atoms with Crippen LogP contribution in [0, 0.1) is 5.82 Å². The molecule has 2 aromatic rings. The Balaban J connectivity index is 2.05. The summed E-state index contributed by atoms with van der Waals surface area (Å²) in [4.78, 5) is 15.9. The first-order valence-corrected chi connectivity index (χ1v) is 7.12. The van der Waals surface area contributed by atoms with Crippen LogP contribution in [0.1, 0.15) is 11.3 Å². The molecule has 1 aromatic carbocycles. The van der Waals surface area contributed by atoms with Crippen LogP contribution in [0.2, 0.25) is 5.02 Å². The lowest BCUT2D eigenvalue weighted by molar-refractivity contribution is -0.115.